The van der Waals surface area contributed by atoms with E-state index in [2.05, 4.69) is 5.32 Å². The minimum atomic E-state index is -4.35. The van der Waals surface area contributed by atoms with E-state index in [1.165, 1.54) is 43.4 Å². The van der Waals surface area contributed by atoms with Crippen molar-refractivity contribution in [3.05, 3.63) is 118 Å². The van der Waals surface area contributed by atoms with Crippen molar-refractivity contribution in [2.75, 3.05) is 31.6 Å². The Bertz CT molecular complexity index is 1770. The Kier molecular flexibility index (Phi) is 13.1. The van der Waals surface area contributed by atoms with Gasteiger partial charge in [-0.05, 0) is 60.5 Å². The first kappa shape index (κ1) is 36.6. The predicted molar refractivity (Wildman–Crippen MR) is 189 cm³/mol. The molecule has 9 nitrogen and oxygen atoms in total. The van der Waals surface area contributed by atoms with Crippen molar-refractivity contribution in [3.63, 3.8) is 0 Å². The maximum absolute atomic E-state index is 14.7. The van der Waals surface area contributed by atoms with Crippen LogP contribution in [0.4, 0.5) is 5.69 Å². The normalized spacial score (nSPS) is 11.8. The van der Waals surface area contributed by atoms with Crippen molar-refractivity contribution in [1.29, 1.82) is 0 Å². The smallest absolute Gasteiger partial charge is 0.264 e. The van der Waals surface area contributed by atoms with Gasteiger partial charge in [-0.15, -0.1) is 0 Å². The number of para-hydroxylation sites is 2. The van der Waals surface area contributed by atoms with Gasteiger partial charge in [0.05, 0.1) is 24.8 Å². The molecule has 0 fully saturated rings. The van der Waals surface area contributed by atoms with Crippen LogP contribution in [0, 0.1) is 0 Å². The maximum atomic E-state index is 14.7. The molecule has 0 spiro atoms. The first-order valence-electron chi connectivity index (χ1n) is 15.4. The molecule has 0 radical (unpaired) electrons. The van der Waals surface area contributed by atoms with Crippen molar-refractivity contribution in [3.8, 4) is 11.5 Å². The first-order chi connectivity index (χ1) is 23.1. The molecule has 2 amide bonds. The number of benzene rings is 4. The first-order valence-corrected chi connectivity index (χ1v) is 17.6. The number of carbonyl (C=O) groups excluding carboxylic acids is 2. The van der Waals surface area contributed by atoms with Crippen LogP contribution in [0.3, 0.4) is 0 Å². The summed E-state index contributed by atoms with van der Waals surface area (Å²) in [6.45, 7) is 1.61. The second-order valence-electron chi connectivity index (χ2n) is 10.9. The topological polar surface area (TPSA) is 105 Å². The number of nitrogens with zero attached hydrogens (tertiary/aromatic N) is 2. The highest BCUT2D eigenvalue weighted by Crippen LogP contribution is 2.34. The predicted octanol–water partition coefficient (Wildman–Crippen LogP) is 6.76. The molecule has 0 aliphatic carbocycles. The highest BCUT2D eigenvalue weighted by Gasteiger charge is 2.36. The molecule has 1 N–H and O–H groups in total. The molecular weight excluding hydrogens is 673 g/mol. The molecule has 0 aromatic heterocycles. The number of nitrogens with one attached hydrogen (secondary N) is 1. The van der Waals surface area contributed by atoms with Gasteiger partial charge in [-0.3, -0.25) is 13.9 Å². The zero-order valence-corrected chi connectivity index (χ0v) is 29.4. The Morgan fingerprint density at radius 2 is 1.48 bits per heavy atom. The van der Waals surface area contributed by atoms with Crippen LogP contribution in [-0.2, 0) is 32.6 Å². The lowest BCUT2D eigenvalue weighted by Crippen LogP contribution is -2.53. The lowest BCUT2D eigenvalue weighted by atomic mass is 10.0. The number of ether oxygens (including phenoxy) is 2. The third-order valence-electron chi connectivity index (χ3n) is 7.77. The average Bonchev–Trinajstić information content (AvgIpc) is 3.10. The van der Waals surface area contributed by atoms with E-state index in [0.717, 1.165) is 22.7 Å². The van der Waals surface area contributed by atoms with E-state index in [0.29, 0.717) is 27.9 Å². The largest absolute Gasteiger partial charge is 0.497 e. The van der Waals surface area contributed by atoms with Crippen molar-refractivity contribution in [1.82, 2.24) is 10.2 Å². The van der Waals surface area contributed by atoms with Crippen LogP contribution in [0.15, 0.2) is 102 Å². The van der Waals surface area contributed by atoms with Gasteiger partial charge >= 0.3 is 0 Å². The third kappa shape index (κ3) is 9.00. The number of amides is 2. The minimum absolute atomic E-state index is 0.0687. The number of unbranched alkanes of at least 4 members (excludes halogenated alkanes) is 1. The molecule has 0 bridgehead atoms. The summed E-state index contributed by atoms with van der Waals surface area (Å²) in [5, 5.41) is 3.57. The minimum Gasteiger partial charge on any atom is -0.497 e. The standard InChI is InChI=1S/C36H39Cl2N3O6S/c1-4-5-22-39-36(43)33(23-26-12-7-6-8-13-26)40(24-29-30(37)14-11-15-31(29)38)35(42)25-41(32-16-9-10-17-34(32)47-3)48(44,45)28-20-18-27(46-2)19-21-28/h6-21,33H,4-5,22-25H2,1-3H3,(H,39,43)/t33-/m1/s1. The van der Waals surface area contributed by atoms with Crippen molar-refractivity contribution >= 4 is 50.7 Å². The van der Waals surface area contributed by atoms with Gasteiger partial charge in [0, 0.05) is 35.1 Å². The summed E-state index contributed by atoms with van der Waals surface area (Å²) >= 11 is 13.2. The molecule has 0 aliphatic rings. The number of sulfonamides is 1. The van der Waals surface area contributed by atoms with E-state index in [1.54, 1.807) is 42.5 Å². The molecule has 0 saturated carbocycles. The quantitative estimate of drug-likeness (QED) is 0.129. The number of anilines is 1. The van der Waals surface area contributed by atoms with Gasteiger partial charge in [-0.2, -0.15) is 0 Å². The van der Waals surface area contributed by atoms with Crippen molar-refractivity contribution in [2.24, 2.45) is 0 Å². The maximum Gasteiger partial charge on any atom is 0.264 e. The van der Waals surface area contributed by atoms with Gasteiger partial charge in [0.2, 0.25) is 11.8 Å². The summed E-state index contributed by atoms with van der Waals surface area (Å²) in [6, 6.07) is 25.6. The fraction of sp³-hybridized carbons (Fsp3) is 0.278. The summed E-state index contributed by atoms with van der Waals surface area (Å²) < 4.78 is 40.4. The summed E-state index contributed by atoms with van der Waals surface area (Å²) in [6.07, 6.45) is 1.76. The number of hydrogen-bond donors (Lipinski definition) is 1. The SMILES string of the molecule is CCCCNC(=O)[C@@H](Cc1ccccc1)N(Cc1c(Cl)cccc1Cl)C(=O)CN(c1ccccc1OC)S(=O)(=O)c1ccc(OC)cc1. The van der Waals surface area contributed by atoms with Gasteiger partial charge in [-0.1, -0.05) is 85.1 Å². The second-order valence-corrected chi connectivity index (χ2v) is 13.6. The van der Waals surface area contributed by atoms with Gasteiger partial charge in [0.25, 0.3) is 10.0 Å². The van der Waals surface area contributed by atoms with Gasteiger partial charge in [0.15, 0.2) is 0 Å². The van der Waals surface area contributed by atoms with Crippen LogP contribution in [0.1, 0.15) is 30.9 Å². The lowest BCUT2D eigenvalue weighted by Gasteiger charge is -2.34. The Morgan fingerprint density at radius 3 is 2.10 bits per heavy atom. The van der Waals surface area contributed by atoms with Crippen LogP contribution < -0.4 is 19.1 Å². The Labute approximate surface area is 292 Å². The van der Waals surface area contributed by atoms with E-state index < -0.39 is 28.5 Å². The molecule has 0 unspecified atom stereocenters. The molecule has 0 saturated heterocycles. The molecule has 0 aliphatic heterocycles. The number of hydrogen-bond acceptors (Lipinski definition) is 6. The zero-order valence-electron chi connectivity index (χ0n) is 27.1. The highest BCUT2D eigenvalue weighted by atomic mass is 35.5. The van der Waals surface area contributed by atoms with E-state index in [9.17, 15) is 18.0 Å². The van der Waals surface area contributed by atoms with Crippen LogP contribution in [0.2, 0.25) is 10.0 Å². The second kappa shape index (κ2) is 17.2. The Balaban J connectivity index is 1.85. The zero-order chi connectivity index (χ0) is 34.7. The molecule has 254 valence electrons. The lowest BCUT2D eigenvalue weighted by molar-refractivity contribution is -0.140. The molecule has 48 heavy (non-hydrogen) atoms. The van der Waals surface area contributed by atoms with E-state index >= 15 is 0 Å². The Morgan fingerprint density at radius 1 is 0.833 bits per heavy atom. The fourth-order valence-corrected chi connectivity index (χ4v) is 7.08. The molecular formula is C36H39Cl2N3O6S. The molecule has 0 heterocycles. The number of carbonyl (C=O) groups is 2. The Hall–Kier alpha value is -4.25. The van der Waals surface area contributed by atoms with Crippen molar-refractivity contribution in [2.45, 2.75) is 43.7 Å². The summed E-state index contributed by atoms with van der Waals surface area (Å²) in [5.74, 6) is -0.332. The van der Waals surface area contributed by atoms with Gasteiger partial charge < -0.3 is 19.7 Å². The van der Waals surface area contributed by atoms with Gasteiger partial charge in [0.1, 0.15) is 24.1 Å². The van der Waals surface area contributed by atoms with Crippen molar-refractivity contribution < 1.29 is 27.5 Å². The average molecular weight is 713 g/mol. The van der Waals surface area contributed by atoms with E-state index in [4.69, 9.17) is 32.7 Å². The third-order valence-corrected chi connectivity index (χ3v) is 10.3. The highest BCUT2D eigenvalue weighted by molar-refractivity contribution is 7.92. The molecule has 12 heteroatoms. The van der Waals surface area contributed by atoms with Crippen LogP contribution >= 0.6 is 23.2 Å². The summed E-state index contributed by atoms with van der Waals surface area (Å²) in [7, 11) is -1.46. The summed E-state index contributed by atoms with van der Waals surface area (Å²) in [5.41, 5.74) is 1.38. The fourth-order valence-electron chi connectivity index (χ4n) is 5.14. The van der Waals surface area contributed by atoms with Crippen LogP contribution in [0.5, 0.6) is 11.5 Å². The van der Waals surface area contributed by atoms with Crippen LogP contribution in [0.25, 0.3) is 0 Å². The van der Waals surface area contributed by atoms with Gasteiger partial charge in [-0.25, -0.2) is 8.42 Å². The molecule has 1 atom stereocenters. The molecule has 4 aromatic rings. The molecule has 4 aromatic carbocycles. The molecule has 4 rings (SSSR count). The number of rotatable bonds is 16. The monoisotopic (exact) mass is 711 g/mol. The number of methoxy groups -OCH3 is 2. The van der Waals surface area contributed by atoms with E-state index in [-0.39, 0.29) is 35.2 Å². The van der Waals surface area contributed by atoms with Crippen LogP contribution in [-0.4, -0.2) is 58.5 Å². The van der Waals surface area contributed by atoms with E-state index in [1.807, 2.05) is 37.3 Å². The summed E-state index contributed by atoms with van der Waals surface area (Å²) in [4.78, 5) is 29.9. The number of halogens is 2.